The fraction of sp³-hybridized carbons (Fsp3) is 0.333. The number of hydrogen-bond acceptors (Lipinski definition) is 4. The van der Waals surface area contributed by atoms with Gasteiger partial charge in [0.25, 0.3) is 0 Å². The minimum Gasteiger partial charge on any atom is -0.327 e. The summed E-state index contributed by atoms with van der Waals surface area (Å²) in [5, 5.41) is 4.17. The van der Waals surface area contributed by atoms with Gasteiger partial charge in [0.15, 0.2) is 5.13 Å². The zero-order valence-electron chi connectivity index (χ0n) is 11.8. The molecule has 0 aliphatic heterocycles. The minimum absolute atomic E-state index is 0. The van der Waals surface area contributed by atoms with Gasteiger partial charge in [-0.2, -0.15) is 0 Å². The molecule has 1 aromatic heterocycles. The number of amides is 1. The molecule has 2 aromatic rings. The predicted octanol–water partition coefficient (Wildman–Crippen LogP) is 3.22. The molecule has 3 N–H and O–H groups in total. The third kappa shape index (κ3) is 4.20. The Kier molecular flexibility index (Phi) is 5.81. The molecule has 0 unspecified atom stereocenters. The molecule has 1 amide bonds. The van der Waals surface area contributed by atoms with Crippen LogP contribution in [0.4, 0.5) is 5.13 Å². The van der Waals surface area contributed by atoms with Crippen molar-refractivity contribution >= 4 is 46.4 Å². The lowest BCUT2D eigenvalue weighted by Crippen LogP contribution is -2.27. The third-order valence-electron chi connectivity index (χ3n) is 3.48. The lowest BCUT2D eigenvalue weighted by molar-refractivity contribution is -0.115. The first-order valence-electron chi connectivity index (χ1n) is 6.88. The van der Waals surface area contributed by atoms with Gasteiger partial charge in [0.2, 0.25) is 5.91 Å². The normalized spacial score (nSPS) is 16.5. The number of nitrogens with two attached hydrogens (primary N) is 1. The molecule has 1 heterocycles. The maximum Gasteiger partial charge on any atom is 0.230 e. The first-order chi connectivity index (χ1) is 10.1. The average molecular weight is 358 g/mol. The van der Waals surface area contributed by atoms with Crippen molar-refractivity contribution in [3.8, 4) is 0 Å². The Morgan fingerprint density at radius 2 is 2.32 bits per heavy atom. The second-order valence-corrected chi connectivity index (χ2v) is 6.77. The summed E-state index contributed by atoms with van der Waals surface area (Å²) >= 11 is 7.45. The smallest absolute Gasteiger partial charge is 0.230 e. The highest BCUT2D eigenvalue weighted by Gasteiger charge is 2.20. The Balaban J connectivity index is 0.00000176. The maximum atomic E-state index is 12.1. The van der Waals surface area contributed by atoms with Crippen molar-refractivity contribution in [1.29, 1.82) is 0 Å². The van der Waals surface area contributed by atoms with E-state index in [2.05, 4.69) is 10.3 Å². The minimum atomic E-state index is -0.0762. The molecule has 0 saturated carbocycles. The van der Waals surface area contributed by atoms with E-state index in [0.29, 0.717) is 16.6 Å². The van der Waals surface area contributed by atoms with Gasteiger partial charge in [0.05, 0.1) is 12.1 Å². The van der Waals surface area contributed by atoms with Crippen LogP contribution in [0.1, 0.15) is 22.6 Å². The zero-order valence-corrected chi connectivity index (χ0v) is 14.2. The lowest BCUT2D eigenvalue weighted by Gasteiger charge is -2.15. The summed E-state index contributed by atoms with van der Waals surface area (Å²) < 4.78 is 0. The van der Waals surface area contributed by atoms with E-state index in [4.69, 9.17) is 17.3 Å². The van der Waals surface area contributed by atoms with Crippen LogP contribution in [0.2, 0.25) is 5.02 Å². The number of fused-ring (bicyclic) bond motifs is 1. The first-order valence-corrected chi connectivity index (χ1v) is 8.08. The molecule has 0 bridgehead atoms. The Labute approximate surface area is 144 Å². The first kappa shape index (κ1) is 17.2. The Bertz CT molecular complexity index is 675. The van der Waals surface area contributed by atoms with Crippen LogP contribution in [0.25, 0.3) is 0 Å². The number of carbonyl (C=O) groups is 1. The van der Waals surface area contributed by atoms with Gasteiger partial charge in [-0.15, -0.1) is 23.7 Å². The van der Waals surface area contributed by atoms with Crippen LogP contribution in [0.5, 0.6) is 0 Å². The van der Waals surface area contributed by atoms with Crippen molar-refractivity contribution in [2.75, 3.05) is 5.32 Å². The number of benzene rings is 1. The average Bonchev–Trinajstić information content (AvgIpc) is 2.79. The van der Waals surface area contributed by atoms with Crippen molar-refractivity contribution in [1.82, 2.24) is 4.98 Å². The SMILES string of the molecule is Cl.N[C@H]1CCc2nc(NC(=O)Cc3cccc(Cl)c3)sc2C1. The van der Waals surface area contributed by atoms with Gasteiger partial charge < -0.3 is 11.1 Å². The van der Waals surface area contributed by atoms with E-state index in [1.807, 2.05) is 12.1 Å². The van der Waals surface area contributed by atoms with Gasteiger partial charge in [-0.05, 0) is 37.0 Å². The highest BCUT2D eigenvalue weighted by molar-refractivity contribution is 7.15. The molecule has 0 spiro atoms. The van der Waals surface area contributed by atoms with Crippen molar-refractivity contribution < 1.29 is 4.79 Å². The fourth-order valence-electron chi connectivity index (χ4n) is 2.45. The molecule has 3 rings (SSSR count). The molecule has 1 aliphatic carbocycles. The number of hydrogen-bond donors (Lipinski definition) is 2. The maximum absolute atomic E-state index is 12.1. The fourth-order valence-corrected chi connectivity index (χ4v) is 3.78. The standard InChI is InChI=1S/C15H16ClN3OS.ClH/c16-10-3-1-2-9(6-10)7-14(20)19-15-18-12-5-4-11(17)8-13(12)21-15;/h1-3,6,11H,4-5,7-8,17H2,(H,18,19,20);1H/t11-;/m0./s1. The van der Waals surface area contributed by atoms with Crippen LogP contribution in [0.3, 0.4) is 0 Å². The second kappa shape index (κ2) is 7.42. The summed E-state index contributed by atoms with van der Waals surface area (Å²) in [5.74, 6) is -0.0762. The Hall–Kier alpha value is -1.14. The Morgan fingerprint density at radius 3 is 3.09 bits per heavy atom. The van der Waals surface area contributed by atoms with Crippen molar-refractivity contribution in [3.05, 3.63) is 45.4 Å². The van der Waals surface area contributed by atoms with Gasteiger partial charge in [0.1, 0.15) is 0 Å². The van der Waals surface area contributed by atoms with Gasteiger partial charge in [-0.1, -0.05) is 23.7 Å². The van der Waals surface area contributed by atoms with E-state index >= 15 is 0 Å². The predicted molar refractivity (Wildman–Crippen MR) is 93.1 cm³/mol. The summed E-state index contributed by atoms with van der Waals surface area (Å²) in [6, 6.07) is 7.54. The van der Waals surface area contributed by atoms with Crippen LogP contribution in [0, 0.1) is 0 Å². The molecule has 118 valence electrons. The number of aryl methyl sites for hydroxylation is 1. The van der Waals surface area contributed by atoms with Gasteiger partial charge in [-0.3, -0.25) is 4.79 Å². The number of rotatable bonds is 3. The monoisotopic (exact) mass is 357 g/mol. The molecule has 1 aromatic carbocycles. The largest absolute Gasteiger partial charge is 0.327 e. The molecule has 0 saturated heterocycles. The topological polar surface area (TPSA) is 68.0 Å². The molecule has 1 aliphatic rings. The summed E-state index contributed by atoms with van der Waals surface area (Å²) in [6.07, 6.45) is 3.02. The Morgan fingerprint density at radius 1 is 1.50 bits per heavy atom. The van der Waals surface area contributed by atoms with Crippen LogP contribution < -0.4 is 11.1 Å². The molecular formula is C15H17Cl2N3OS. The molecule has 0 fully saturated rings. The van der Waals surface area contributed by atoms with E-state index in [1.54, 1.807) is 12.1 Å². The summed E-state index contributed by atoms with van der Waals surface area (Å²) in [7, 11) is 0. The molecule has 7 heteroatoms. The van der Waals surface area contributed by atoms with E-state index in [9.17, 15) is 4.79 Å². The number of anilines is 1. The third-order valence-corrected chi connectivity index (χ3v) is 4.75. The van der Waals surface area contributed by atoms with Crippen LogP contribution >= 0.6 is 35.3 Å². The molecule has 0 radical (unpaired) electrons. The molecule has 1 atom stereocenters. The number of thiazole rings is 1. The van der Waals surface area contributed by atoms with E-state index in [0.717, 1.165) is 30.5 Å². The van der Waals surface area contributed by atoms with Gasteiger partial charge >= 0.3 is 0 Å². The summed E-state index contributed by atoms with van der Waals surface area (Å²) in [4.78, 5) is 17.7. The lowest BCUT2D eigenvalue weighted by atomic mass is 9.99. The van der Waals surface area contributed by atoms with Gasteiger partial charge in [0, 0.05) is 15.9 Å². The number of nitrogens with one attached hydrogen (secondary N) is 1. The van der Waals surface area contributed by atoms with Crippen molar-refractivity contribution in [2.45, 2.75) is 31.7 Å². The molecule has 22 heavy (non-hydrogen) atoms. The number of aromatic nitrogens is 1. The van der Waals surface area contributed by atoms with Gasteiger partial charge in [-0.25, -0.2) is 4.98 Å². The quantitative estimate of drug-likeness (QED) is 0.885. The highest BCUT2D eigenvalue weighted by Crippen LogP contribution is 2.29. The summed E-state index contributed by atoms with van der Waals surface area (Å²) in [6.45, 7) is 0. The van der Waals surface area contributed by atoms with Crippen molar-refractivity contribution in [2.24, 2.45) is 5.73 Å². The van der Waals surface area contributed by atoms with Crippen LogP contribution in [-0.2, 0) is 24.1 Å². The second-order valence-electron chi connectivity index (χ2n) is 5.25. The number of nitrogens with zero attached hydrogens (tertiary/aromatic N) is 1. The van der Waals surface area contributed by atoms with E-state index in [-0.39, 0.29) is 24.4 Å². The summed E-state index contributed by atoms with van der Waals surface area (Å²) in [5.41, 5.74) is 7.93. The number of halogens is 2. The molecule has 4 nitrogen and oxygen atoms in total. The number of carbonyl (C=O) groups excluding carboxylic acids is 1. The van der Waals surface area contributed by atoms with E-state index < -0.39 is 0 Å². The zero-order chi connectivity index (χ0) is 14.8. The highest BCUT2D eigenvalue weighted by atomic mass is 35.5. The van der Waals surface area contributed by atoms with Crippen molar-refractivity contribution in [3.63, 3.8) is 0 Å². The molecular weight excluding hydrogens is 341 g/mol. The van der Waals surface area contributed by atoms with Crippen LogP contribution in [-0.4, -0.2) is 16.9 Å². The van der Waals surface area contributed by atoms with Crippen LogP contribution in [0.15, 0.2) is 24.3 Å². The van der Waals surface area contributed by atoms with E-state index in [1.165, 1.54) is 16.2 Å².